The lowest BCUT2D eigenvalue weighted by atomic mass is 10.1. The summed E-state index contributed by atoms with van der Waals surface area (Å²) in [5.74, 6) is 0.863. The van der Waals surface area contributed by atoms with Gasteiger partial charge < -0.3 is 5.32 Å². The SMILES string of the molecule is Clc1cnn2c(NCc3cncnc3)cc(-c3ccccc3)cc12. The zero-order chi connectivity index (χ0) is 16.4. The Morgan fingerprint density at radius 2 is 1.75 bits per heavy atom. The molecular formula is C18H14ClN5. The zero-order valence-electron chi connectivity index (χ0n) is 12.7. The van der Waals surface area contributed by atoms with Crippen LogP contribution in [0.25, 0.3) is 16.6 Å². The standard InChI is InChI=1S/C18H14ClN5/c19-16-11-23-24-17(16)6-15(14-4-2-1-3-5-14)7-18(24)22-10-13-8-20-12-21-9-13/h1-9,11-12,22H,10H2. The Morgan fingerprint density at radius 3 is 2.54 bits per heavy atom. The van der Waals surface area contributed by atoms with E-state index in [0.29, 0.717) is 11.6 Å². The molecule has 118 valence electrons. The van der Waals surface area contributed by atoms with Crippen LogP contribution in [0.4, 0.5) is 5.82 Å². The quantitative estimate of drug-likeness (QED) is 0.611. The predicted molar refractivity (Wildman–Crippen MR) is 95.0 cm³/mol. The number of benzene rings is 1. The van der Waals surface area contributed by atoms with Gasteiger partial charge in [0.2, 0.25) is 0 Å². The number of anilines is 1. The second kappa shape index (κ2) is 6.29. The van der Waals surface area contributed by atoms with Gasteiger partial charge in [-0.2, -0.15) is 5.10 Å². The van der Waals surface area contributed by atoms with E-state index in [0.717, 1.165) is 28.0 Å². The van der Waals surface area contributed by atoms with Gasteiger partial charge >= 0.3 is 0 Å². The van der Waals surface area contributed by atoms with Gasteiger partial charge in [-0.25, -0.2) is 14.5 Å². The van der Waals surface area contributed by atoms with Crippen LogP contribution in [0.15, 0.2) is 67.4 Å². The van der Waals surface area contributed by atoms with E-state index < -0.39 is 0 Å². The molecule has 0 saturated carbocycles. The largest absolute Gasteiger partial charge is 0.366 e. The molecule has 0 amide bonds. The lowest BCUT2D eigenvalue weighted by molar-refractivity contribution is 0.938. The zero-order valence-corrected chi connectivity index (χ0v) is 13.5. The van der Waals surface area contributed by atoms with E-state index in [-0.39, 0.29) is 0 Å². The van der Waals surface area contributed by atoms with Crippen LogP contribution in [0.2, 0.25) is 5.02 Å². The Kier molecular flexibility index (Phi) is 3.84. The maximum atomic E-state index is 6.29. The summed E-state index contributed by atoms with van der Waals surface area (Å²) in [6.45, 7) is 0.603. The van der Waals surface area contributed by atoms with Gasteiger partial charge in [0.05, 0.1) is 16.7 Å². The molecule has 0 saturated heterocycles. The van der Waals surface area contributed by atoms with Gasteiger partial charge in [-0.1, -0.05) is 41.9 Å². The van der Waals surface area contributed by atoms with Crippen molar-refractivity contribution < 1.29 is 0 Å². The van der Waals surface area contributed by atoms with Crippen LogP contribution in [0.1, 0.15) is 5.56 Å². The molecule has 4 rings (SSSR count). The molecule has 0 aliphatic carbocycles. The molecule has 0 fully saturated rings. The number of rotatable bonds is 4. The van der Waals surface area contributed by atoms with Gasteiger partial charge in [0.25, 0.3) is 0 Å². The van der Waals surface area contributed by atoms with Gasteiger partial charge in [0, 0.05) is 24.5 Å². The van der Waals surface area contributed by atoms with Crippen molar-refractivity contribution in [3.05, 3.63) is 78.0 Å². The number of fused-ring (bicyclic) bond motifs is 1. The summed E-state index contributed by atoms with van der Waals surface area (Å²) in [7, 11) is 0. The number of halogens is 1. The van der Waals surface area contributed by atoms with Crippen molar-refractivity contribution in [2.75, 3.05) is 5.32 Å². The van der Waals surface area contributed by atoms with Gasteiger partial charge in [0.1, 0.15) is 12.1 Å². The first-order valence-corrected chi connectivity index (χ1v) is 7.89. The second-order valence-corrected chi connectivity index (χ2v) is 5.79. The molecule has 3 heterocycles. The Morgan fingerprint density at radius 1 is 0.958 bits per heavy atom. The fraction of sp³-hybridized carbons (Fsp3) is 0.0556. The Bertz CT molecular complexity index is 967. The van der Waals surface area contributed by atoms with Crippen molar-refractivity contribution >= 4 is 22.9 Å². The molecule has 24 heavy (non-hydrogen) atoms. The lowest BCUT2D eigenvalue weighted by Gasteiger charge is -2.11. The highest BCUT2D eigenvalue weighted by Crippen LogP contribution is 2.28. The minimum Gasteiger partial charge on any atom is -0.366 e. The maximum Gasteiger partial charge on any atom is 0.129 e. The van der Waals surface area contributed by atoms with Gasteiger partial charge in [-0.15, -0.1) is 0 Å². The van der Waals surface area contributed by atoms with Crippen LogP contribution in [-0.4, -0.2) is 19.6 Å². The van der Waals surface area contributed by atoms with Crippen LogP contribution >= 0.6 is 11.6 Å². The molecule has 0 radical (unpaired) electrons. The number of nitrogens with one attached hydrogen (secondary N) is 1. The summed E-state index contributed by atoms with van der Waals surface area (Å²) in [6, 6.07) is 14.3. The van der Waals surface area contributed by atoms with Crippen molar-refractivity contribution in [3.63, 3.8) is 0 Å². The average molecular weight is 336 g/mol. The second-order valence-electron chi connectivity index (χ2n) is 5.39. The number of pyridine rings is 1. The molecule has 5 nitrogen and oxygen atoms in total. The molecule has 1 N–H and O–H groups in total. The first-order valence-electron chi connectivity index (χ1n) is 7.52. The number of nitrogens with zero attached hydrogens (tertiary/aromatic N) is 4. The summed E-state index contributed by atoms with van der Waals surface area (Å²) in [6.07, 6.45) is 6.75. The molecule has 0 atom stereocenters. The fourth-order valence-electron chi connectivity index (χ4n) is 2.59. The van der Waals surface area contributed by atoms with Crippen LogP contribution in [0, 0.1) is 0 Å². The topological polar surface area (TPSA) is 55.1 Å². The Balaban J connectivity index is 1.76. The lowest BCUT2D eigenvalue weighted by Crippen LogP contribution is -2.06. The molecule has 1 aromatic carbocycles. The van der Waals surface area contributed by atoms with E-state index in [9.17, 15) is 0 Å². The Labute approximate surface area is 144 Å². The van der Waals surface area contributed by atoms with Crippen LogP contribution in [-0.2, 0) is 6.54 Å². The van der Waals surface area contributed by atoms with E-state index in [4.69, 9.17) is 11.6 Å². The van der Waals surface area contributed by atoms with Gasteiger partial charge in [0.15, 0.2) is 0 Å². The first kappa shape index (κ1) is 14.7. The maximum absolute atomic E-state index is 6.29. The monoisotopic (exact) mass is 335 g/mol. The molecule has 0 unspecified atom stereocenters. The molecular weight excluding hydrogens is 322 g/mol. The summed E-state index contributed by atoms with van der Waals surface area (Å²) < 4.78 is 1.80. The smallest absolute Gasteiger partial charge is 0.129 e. The molecule has 6 heteroatoms. The molecule has 4 aromatic rings. The minimum atomic E-state index is 0.603. The first-order chi connectivity index (χ1) is 11.8. The summed E-state index contributed by atoms with van der Waals surface area (Å²) >= 11 is 6.29. The normalized spacial score (nSPS) is 10.9. The number of hydrogen-bond donors (Lipinski definition) is 1. The predicted octanol–water partition coefficient (Wildman–Crippen LogP) is 4.06. The third-order valence-electron chi connectivity index (χ3n) is 3.77. The van der Waals surface area contributed by atoms with E-state index in [2.05, 4.69) is 38.6 Å². The highest BCUT2D eigenvalue weighted by Gasteiger charge is 2.10. The summed E-state index contributed by atoms with van der Waals surface area (Å²) in [5, 5.41) is 8.37. The van der Waals surface area contributed by atoms with Gasteiger partial charge in [-0.3, -0.25) is 0 Å². The van der Waals surface area contributed by atoms with E-state index >= 15 is 0 Å². The van der Waals surface area contributed by atoms with Crippen LogP contribution < -0.4 is 5.32 Å². The van der Waals surface area contributed by atoms with Crippen molar-refractivity contribution in [3.8, 4) is 11.1 Å². The van der Waals surface area contributed by atoms with Crippen LogP contribution in [0.5, 0.6) is 0 Å². The molecule has 0 bridgehead atoms. The molecule has 3 aromatic heterocycles. The van der Waals surface area contributed by atoms with Gasteiger partial charge in [-0.05, 0) is 23.3 Å². The van der Waals surface area contributed by atoms with E-state index in [1.165, 1.54) is 6.33 Å². The molecule has 0 spiro atoms. The van der Waals surface area contributed by atoms with Crippen molar-refractivity contribution in [1.82, 2.24) is 19.6 Å². The Hall–Kier alpha value is -2.92. The third kappa shape index (κ3) is 2.81. The highest BCUT2D eigenvalue weighted by atomic mass is 35.5. The van der Waals surface area contributed by atoms with Crippen molar-refractivity contribution in [1.29, 1.82) is 0 Å². The van der Waals surface area contributed by atoms with Crippen LogP contribution in [0.3, 0.4) is 0 Å². The van der Waals surface area contributed by atoms with Crippen molar-refractivity contribution in [2.45, 2.75) is 6.54 Å². The fourth-order valence-corrected chi connectivity index (χ4v) is 2.77. The molecule has 0 aliphatic heterocycles. The van der Waals surface area contributed by atoms with E-state index in [1.807, 2.05) is 24.3 Å². The summed E-state index contributed by atoms with van der Waals surface area (Å²) in [4.78, 5) is 8.07. The number of aromatic nitrogens is 4. The minimum absolute atomic E-state index is 0.603. The third-order valence-corrected chi connectivity index (χ3v) is 4.06. The van der Waals surface area contributed by atoms with Crippen molar-refractivity contribution in [2.24, 2.45) is 0 Å². The average Bonchev–Trinajstić information content (AvgIpc) is 3.02. The van der Waals surface area contributed by atoms with E-state index in [1.54, 1.807) is 23.1 Å². The molecule has 0 aliphatic rings. The summed E-state index contributed by atoms with van der Waals surface area (Å²) in [5.41, 5.74) is 4.07. The highest BCUT2D eigenvalue weighted by molar-refractivity contribution is 6.33. The number of hydrogen-bond acceptors (Lipinski definition) is 4.